The summed E-state index contributed by atoms with van der Waals surface area (Å²) in [5.74, 6) is 1.67. The maximum absolute atomic E-state index is 11.1. The molecule has 206 valence electrons. The number of hydrogen-bond donors (Lipinski definition) is 0. The molecule has 3 unspecified atom stereocenters. The first-order chi connectivity index (χ1) is 17.0. The van der Waals surface area contributed by atoms with Crippen molar-refractivity contribution in [3.8, 4) is 0 Å². The van der Waals surface area contributed by atoms with Crippen LogP contribution < -0.4 is 0 Å². The molecule has 0 amide bonds. The normalized spacial score (nSPS) is 18.0. The third-order valence-corrected chi connectivity index (χ3v) is 7.11. The molecule has 1 aliphatic carbocycles. The Bertz CT molecular complexity index is 542. The maximum atomic E-state index is 11.1. The zero-order chi connectivity index (χ0) is 25.7. The van der Waals surface area contributed by atoms with E-state index in [4.69, 9.17) is 9.47 Å². The average Bonchev–Trinajstić information content (AvgIpc) is 3.60. The van der Waals surface area contributed by atoms with E-state index in [2.05, 4.69) is 14.4 Å². The topological polar surface area (TPSA) is 74.3 Å². The zero-order valence-electron chi connectivity index (χ0n) is 23.1. The van der Waals surface area contributed by atoms with Gasteiger partial charge in [-0.3, -0.25) is 9.59 Å². The molecule has 7 nitrogen and oxygen atoms in total. The summed E-state index contributed by atoms with van der Waals surface area (Å²) in [4.78, 5) is 24.4. The van der Waals surface area contributed by atoms with Crippen LogP contribution in [0, 0.1) is 11.8 Å². The minimum Gasteiger partial charge on any atom is -0.469 e. The SMILES string of the molecule is COC(=O)CCCCCC1CC1CCCCCCCCOCC(COCCCC(=O)OC)N(C)C. The van der Waals surface area contributed by atoms with Crippen LogP contribution in [-0.2, 0) is 28.5 Å². The van der Waals surface area contributed by atoms with Gasteiger partial charge in [-0.1, -0.05) is 57.8 Å². The summed E-state index contributed by atoms with van der Waals surface area (Å²) in [5, 5.41) is 0. The Kier molecular flexibility index (Phi) is 19.1. The Labute approximate surface area is 214 Å². The molecule has 0 saturated heterocycles. The standard InChI is InChI=1S/C28H53NO6/c1-29(2)26(23-35-20-14-18-28(31)33-4)22-34-19-13-8-6-5-7-10-15-24-21-25(24)16-11-9-12-17-27(30)32-3/h24-26H,5-23H2,1-4H3. The van der Waals surface area contributed by atoms with Crippen LogP contribution in [0.2, 0.25) is 0 Å². The van der Waals surface area contributed by atoms with Gasteiger partial charge in [-0.15, -0.1) is 0 Å². The maximum Gasteiger partial charge on any atom is 0.305 e. The van der Waals surface area contributed by atoms with Gasteiger partial charge in [-0.2, -0.15) is 0 Å². The second kappa shape index (κ2) is 21.0. The quantitative estimate of drug-likeness (QED) is 0.130. The summed E-state index contributed by atoms with van der Waals surface area (Å²) in [7, 11) is 6.97. The molecule has 1 saturated carbocycles. The summed E-state index contributed by atoms with van der Waals surface area (Å²) in [5.41, 5.74) is 0. The molecule has 1 fully saturated rings. The lowest BCUT2D eigenvalue weighted by Crippen LogP contribution is -2.37. The predicted octanol–water partition coefficient (Wildman–Crippen LogP) is 5.39. The van der Waals surface area contributed by atoms with Crippen molar-refractivity contribution >= 4 is 11.9 Å². The van der Waals surface area contributed by atoms with E-state index in [-0.39, 0.29) is 18.0 Å². The van der Waals surface area contributed by atoms with E-state index >= 15 is 0 Å². The van der Waals surface area contributed by atoms with Crippen LogP contribution in [-0.4, -0.2) is 77.6 Å². The van der Waals surface area contributed by atoms with Crippen molar-refractivity contribution in [2.24, 2.45) is 11.8 Å². The fourth-order valence-electron chi connectivity index (χ4n) is 4.50. The fraction of sp³-hybridized carbons (Fsp3) is 0.929. The minimum absolute atomic E-state index is 0.0771. The summed E-state index contributed by atoms with van der Waals surface area (Å²) < 4.78 is 20.9. The van der Waals surface area contributed by atoms with Crippen molar-refractivity contribution in [1.29, 1.82) is 0 Å². The first-order valence-electron chi connectivity index (χ1n) is 13.9. The van der Waals surface area contributed by atoms with Gasteiger partial charge < -0.3 is 23.8 Å². The largest absolute Gasteiger partial charge is 0.469 e. The molecule has 0 aromatic carbocycles. The molecule has 1 aliphatic rings. The predicted molar refractivity (Wildman–Crippen MR) is 139 cm³/mol. The lowest BCUT2D eigenvalue weighted by molar-refractivity contribution is -0.141. The molecule has 0 heterocycles. The highest BCUT2D eigenvalue weighted by Crippen LogP contribution is 2.45. The number of nitrogens with zero attached hydrogens (tertiary/aromatic N) is 1. The molecule has 0 radical (unpaired) electrons. The Balaban J connectivity index is 1.86. The lowest BCUT2D eigenvalue weighted by atomic mass is 10.0. The number of ether oxygens (including phenoxy) is 4. The molecule has 0 bridgehead atoms. The monoisotopic (exact) mass is 499 g/mol. The van der Waals surface area contributed by atoms with Gasteiger partial charge in [0.25, 0.3) is 0 Å². The van der Waals surface area contributed by atoms with E-state index in [9.17, 15) is 9.59 Å². The Hall–Kier alpha value is -1.18. The van der Waals surface area contributed by atoms with Gasteiger partial charge in [0.2, 0.25) is 0 Å². The smallest absolute Gasteiger partial charge is 0.305 e. The molecular formula is C28H53NO6. The van der Waals surface area contributed by atoms with E-state index in [1.165, 1.54) is 72.0 Å². The molecule has 0 N–H and O–H groups in total. The van der Waals surface area contributed by atoms with E-state index in [1.54, 1.807) is 0 Å². The van der Waals surface area contributed by atoms with Gasteiger partial charge in [-0.05, 0) is 51.6 Å². The second-order valence-corrected chi connectivity index (χ2v) is 10.3. The first kappa shape index (κ1) is 31.8. The number of rotatable bonds is 24. The fourth-order valence-corrected chi connectivity index (χ4v) is 4.50. The van der Waals surface area contributed by atoms with Crippen LogP contribution in [0.3, 0.4) is 0 Å². The van der Waals surface area contributed by atoms with E-state index in [0.717, 1.165) is 37.7 Å². The Morgan fingerprint density at radius 3 is 1.69 bits per heavy atom. The van der Waals surface area contributed by atoms with Crippen LogP contribution in [0.4, 0.5) is 0 Å². The number of hydrogen-bond acceptors (Lipinski definition) is 7. The van der Waals surface area contributed by atoms with Gasteiger partial charge in [-0.25, -0.2) is 0 Å². The summed E-state index contributed by atoms with van der Waals surface area (Å²) in [6.45, 7) is 2.68. The molecule has 35 heavy (non-hydrogen) atoms. The van der Waals surface area contributed by atoms with Crippen LogP contribution in [0.5, 0.6) is 0 Å². The molecule has 0 aliphatic heterocycles. The van der Waals surface area contributed by atoms with Crippen molar-refractivity contribution in [2.45, 2.75) is 102 Å². The van der Waals surface area contributed by atoms with Crippen molar-refractivity contribution in [3.05, 3.63) is 0 Å². The molecule has 1 rings (SSSR count). The highest BCUT2D eigenvalue weighted by Gasteiger charge is 2.35. The highest BCUT2D eigenvalue weighted by molar-refractivity contribution is 5.69. The summed E-state index contributed by atoms with van der Waals surface area (Å²) in [6, 6.07) is 0.235. The number of esters is 2. The number of carbonyl (C=O) groups is 2. The lowest BCUT2D eigenvalue weighted by Gasteiger charge is -2.24. The minimum atomic E-state index is -0.186. The van der Waals surface area contributed by atoms with E-state index in [0.29, 0.717) is 39.1 Å². The van der Waals surface area contributed by atoms with Crippen molar-refractivity contribution in [2.75, 3.05) is 54.7 Å². The van der Waals surface area contributed by atoms with Crippen LogP contribution in [0.1, 0.15) is 96.3 Å². The number of likely N-dealkylation sites (N-methyl/N-ethyl adjacent to an activating group) is 1. The number of carbonyl (C=O) groups excluding carboxylic acids is 2. The van der Waals surface area contributed by atoms with Crippen molar-refractivity contribution < 1.29 is 28.5 Å². The third-order valence-electron chi connectivity index (χ3n) is 7.11. The van der Waals surface area contributed by atoms with Gasteiger partial charge in [0.15, 0.2) is 0 Å². The van der Waals surface area contributed by atoms with Gasteiger partial charge in [0.1, 0.15) is 0 Å². The van der Waals surface area contributed by atoms with Crippen molar-refractivity contribution in [1.82, 2.24) is 4.90 Å². The highest BCUT2D eigenvalue weighted by atomic mass is 16.5. The third kappa shape index (κ3) is 17.8. The van der Waals surface area contributed by atoms with E-state index < -0.39 is 0 Å². The van der Waals surface area contributed by atoms with Crippen LogP contribution in [0.25, 0.3) is 0 Å². The second-order valence-electron chi connectivity index (χ2n) is 10.3. The number of unbranched alkanes of at least 4 members (excludes halogenated alkanes) is 7. The molecule has 0 spiro atoms. The van der Waals surface area contributed by atoms with Gasteiger partial charge in [0, 0.05) is 26.1 Å². The van der Waals surface area contributed by atoms with Crippen LogP contribution >= 0.6 is 0 Å². The zero-order valence-corrected chi connectivity index (χ0v) is 23.1. The first-order valence-corrected chi connectivity index (χ1v) is 13.9. The molecular weight excluding hydrogens is 446 g/mol. The molecule has 0 aromatic rings. The summed E-state index contributed by atoms with van der Waals surface area (Å²) >= 11 is 0. The Morgan fingerprint density at radius 1 is 0.686 bits per heavy atom. The Morgan fingerprint density at radius 2 is 1.14 bits per heavy atom. The molecule has 3 atom stereocenters. The van der Waals surface area contributed by atoms with Gasteiger partial charge in [0.05, 0.1) is 33.5 Å². The summed E-state index contributed by atoms with van der Waals surface area (Å²) in [6.07, 6.45) is 17.0. The average molecular weight is 500 g/mol. The van der Waals surface area contributed by atoms with Gasteiger partial charge >= 0.3 is 11.9 Å². The number of methoxy groups -OCH3 is 2. The molecule has 7 heteroatoms. The molecule has 0 aromatic heterocycles. The van der Waals surface area contributed by atoms with Crippen molar-refractivity contribution in [3.63, 3.8) is 0 Å². The van der Waals surface area contributed by atoms with E-state index in [1.807, 2.05) is 14.1 Å². The van der Waals surface area contributed by atoms with Crippen LogP contribution in [0.15, 0.2) is 0 Å².